The average molecular weight is 589 g/mol. The lowest BCUT2D eigenvalue weighted by Crippen LogP contribution is -2.37. The zero-order valence-corrected chi connectivity index (χ0v) is 26.8. The molecule has 0 saturated heterocycles. The van der Waals surface area contributed by atoms with Gasteiger partial charge in [-0.05, 0) is 73.6 Å². The fourth-order valence-electron chi connectivity index (χ4n) is 5.58. The van der Waals surface area contributed by atoms with E-state index in [1.807, 2.05) is 61.5 Å². The molecule has 0 unspecified atom stereocenters. The smallest absolute Gasteiger partial charge is 0.180 e. The Morgan fingerprint density at radius 2 is 1.46 bits per heavy atom. The van der Waals surface area contributed by atoms with Crippen LogP contribution in [0.2, 0.25) is 0 Å². The summed E-state index contributed by atoms with van der Waals surface area (Å²) in [6.45, 7) is 10.1. The van der Waals surface area contributed by atoms with Crippen LogP contribution in [-0.4, -0.2) is 67.8 Å². The Morgan fingerprint density at radius 3 is 2.07 bits per heavy atom. The maximum atomic E-state index is 14.1. The van der Waals surface area contributed by atoms with Crippen molar-refractivity contribution in [3.8, 4) is 5.75 Å². The van der Waals surface area contributed by atoms with E-state index < -0.39 is 9.84 Å². The van der Waals surface area contributed by atoms with Gasteiger partial charge in [-0.25, -0.2) is 8.42 Å². The monoisotopic (exact) mass is 588 g/mol. The highest BCUT2D eigenvalue weighted by Crippen LogP contribution is 2.45. The molecular weight excluding hydrogens is 536 g/mol. The van der Waals surface area contributed by atoms with Crippen LogP contribution in [0.4, 0.5) is 17.1 Å². The fraction of sp³-hybridized carbons (Fsp3) is 0.636. The van der Waals surface area contributed by atoms with Crippen LogP contribution in [0.5, 0.6) is 5.75 Å². The van der Waals surface area contributed by atoms with Crippen LogP contribution >= 0.6 is 0 Å². The molecule has 41 heavy (non-hydrogen) atoms. The topological polar surface area (TPSA) is 68.3 Å². The highest BCUT2D eigenvalue weighted by molar-refractivity contribution is 7.91. The zero-order valence-electron chi connectivity index (χ0n) is 26.0. The van der Waals surface area contributed by atoms with Crippen molar-refractivity contribution >= 4 is 26.9 Å². The normalized spacial score (nSPS) is 16.1. The number of hydrogen-bond acceptors (Lipinski definition) is 7. The summed E-state index contributed by atoms with van der Waals surface area (Å²) < 4.78 is 45.1. The van der Waals surface area contributed by atoms with E-state index in [0.29, 0.717) is 31.3 Å². The minimum atomic E-state index is -3.49. The van der Waals surface area contributed by atoms with Gasteiger partial charge >= 0.3 is 0 Å². The van der Waals surface area contributed by atoms with Crippen LogP contribution in [0.3, 0.4) is 0 Å². The molecule has 0 fully saturated rings. The van der Waals surface area contributed by atoms with Crippen LogP contribution in [-0.2, 0) is 19.3 Å². The van der Waals surface area contributed by atoms with Crippen molar-refractivity contribution in [1.82, 2.24) is 0 Å². The highest BCUT2D eigenvalue weighted by Gasteiger charge is 2.39. The molecule has 2 aromatic rings. The van der Waals surface area contributed by atoms with E-state index in [9.17, 15) is 8.42 Å². The number of benzene rings is 2. The van der Waals surface area contributed by atoms with Crippen molar-refractivity contribution in [1.29, 1.82) is 0 Å². The molecule has 1 heterocycles. The molecule has 0 amide bonds. The van der Waals surface area contributed by atoms with Gasteiger partial charge in [-0.15, -0.1) is 0 Å². The number of hydrogen-bond donors (Lipinski definition) is 0. The van der Waals surface area contributed by atoms with Gasteiger partial charge in [0.2, 0.25) is 0 Å². The van der Waals surface area contributed by atoms with Gasteiger partial charge in [0.05, 0.1) is 36.2 Å². The van der Waals surface area contributed by atoms with Crippen LogP contribution in [0.15, 0.2) is 47.4 Å². The molecule has 2 aromatic carbocycles. The molecule has 230 valence electrons. The molecule has 3 rings (SSSR count). The van der Waals surface area contributed by atoms with E-state index in [2.05, 4.69) is 25.7 Å². The summed E-state index contributed by atoms with van der Waals surface area (Å²) in [6, 6.07) is 13.7. The maximum Gasteiger partial charge on any atom is 0.180 e. The summed E-state index contributed by atoms with van der Waals surface area (Å²) in [5.74, 6) is 0.989. The lowest BCUT2D eigenvalue weighted by Gasteiger charge is -2.40. The maximum absolute atomic E-state index is 14.1. The van der Waals surface area contributed by atoms with E-state index in [4.69, 9.17) is 14.2 Å². The molecule has 0 saturated carbocycles. The Labute approximate surface area is 249 Å². The van der Waals surface area contributed by atoms with Gasteiger partial charge < -0.3 is 24.0 Å². The Morgan fingerprint density at radius 1 is 0.829 bits per heavy atom. The van der Waals surface area contributed by atoms with Crippen molar-refractivity contribution in [3.63, 3.8) is 0 Å². The summed E-state index contributed by atoms with van der Waals surface area (Å²) in [4.78, 5) is 4.65. The van der Waals surface area contributed by atoms with E-state index in [1.165, 1.54) is 0 Å². The SMILES string of the molecule is CCCCC1(CCCC)CCN(c2ccc(OCCOCCOCCC)cc2)c2cc(N(C)C)ccc2S(=O)(=O)C1. The van der Waals surface area contributed by atoms with Crippen molar-refractivity contribution in [2.24, 2.45) is 5.41 Å². The summed E-state index contributed by atoms with van der Waals surface area (Å²) >= 11 is 0. The van der Waals surface area contributed by atoms with Crippen molar-refractivity contribution in [3.05, 3.63) is 42.5 Å². The number of nitrogens with zero attached hydrogens (tertiary/aromatic N) is 2. The molecule has 0 aromatic heterocycles. The molecule has 8 heteroatoms. The Hall–Kier alpha value is -2.29. The molecule has 0 atom stereocenters. The molecule has 1 aliphatic rings. The molecule has 0 bridgehead atoms. The minimum Gasteiger partial charge on any atom is -0.491 e. The van der Waals surface area contributed by atoms with E-state index >= 15 is 0 Å². The molecule has 7 nitrogen and oxygen atoms in total. The van der Waals surface area contributed by atoms with Gasteiger partial charge in [0.1, 0.15) is 12.4 Å². The number of unbranched alkanes of at least 4 members (excludes halogenated alkanes) is 2. The lowest BCUT2D eigenvalue weighted by molar-refractivity contribution is 0.0366. The molecule has 0 N–H and O–H groups in total. The number of anilines is 3. The van der Waals surface area contributed by atoms with Gasteiger partial charge in [-0.2, -0.15) is 0 Å². The molecular formula is C33H52N2O5S. The fourth-order valence-corrected chi connectivity index (χ4v) is 7.74. The number of sulfone groups is 1. The molecule has 0 radical (unpaired) electrons. The Balaban J connectivity index is 1.86. The van der Waals surface area contributed by atoms with Crippen LogP contribution in [0.1, 0.15) is 72.1 Å². The first-order chi connectivity index (χ1) is 19.7. The van der Waals surface area contributed by atoms with Crippen LogP contribution < -0.4 is 14.5 Å². The van der Waals surface area contributed by atoms with Crippen LogP contribution in [0, 0.1) is 5.41 Å². The predicted molar refractivity (Wildman–Crippen MR) is 170 cm³/mol. The summed E-state index contributed by atoms with van der Waals surface area (Å²) in [6.07, 6.45) is 7.98. The second-order valence-corrected chi connectivity index (χ2v) is 13.4. The highest BCUT2D eigenvalue weighted by atomic mass is 32.2. The third-order valence-corrected chi connectivity index (χ3v) is 9.94. The standard InChI is InChI=1S/C33H52N2O5S/c1-6-9-17-33(18-10-7-2)19-20-35(31-26-29(34(4)5)13-16-32(31)41(36,37)27-33)28-11-14-30(15-12-28)40-25-24-39-23-22-38-21-8-3/h11-16,26H,6-10,17-25,27H2,1-5H3. The van der Waals surface area contributed by atoms with Crippen LogP contribution in [0.25, 0.3) is 0 Å². The summed E-state index contributed by atoms with van der Waals surface area (Å²) in [7, 11) is 0.474. The summed E-state index contributed by atoms with van der Waals surface area (Å²) in [5.41, 5.74) is 2.48. The van der Waals surface area contributed by atoms with Crippen molar-refractivity contribution < 1.29 is 22.6 Å². The van der Waals surface area contributed by atoms with Crippen molar-refractivity contribution in [2.45, 2.75) is 77.0 Å². The molecule has 0 spiro atoms. The molecule has 1 aliphatic heterocycles. The van der Waals surface area contributed by atoms with Gasteiger partial charge in [0, 0.05) is 38.6 Å². The largest absolute Gasteiger partial charge is 0.491 e. The second-order valence-electron chi connectivity index (χ2n) is 11.5. The van der Waals surface area contributed by atoms with Crippen molar-refractivity contribution in [2.75, 3.05) is 69.2 Å². The van der Waals surface area contributed by atoms with Gasteiger partial charge in [0.15, 0.2) is 9.84 Å². The van der Waals surface area contributed by atoms with Gasteiger partial charge in [-0.1, -0.05) is 46.5 Å². The first-order valence-electron chi connectivity index (χ1n) is 15.5. The van der Waals surface area contributed by atoms with E-state index in [0.717, 1.165) is 87.3 Å². The van der Waals surface area contributed by atoms with Gasteiger partial charge in [0.25, 0.3) is 0 Å². The number of rotatable bonds is 17. The number of fused-ring (bicyclic) bond motifs is 1. The molecule has 0 aliphatic carbocycles. The first-order valence-corrected chi connectivity index (χ1v) is 17.1. The Bertz CT molecular complexity index is 1140. The zero-order chi connectivity index (χ0) is 29.7. The predicted octanol–water partition coefficient (Wildman–Crippen LogP) is 7.26. The van der Waals surface area contributed by atoms with E-state index in [-0.39, 0.29) is 11.2 Å². The minimum absolute atomic E-state index is 0.217. The van der Waals surface area contributed by atoms with E-state index in [1.54, 1.807) is 0 Å². The number of ether oxygens (including phenoxy) is 3. The Kier molecular flexibility index (Phi) is 13.3. The average Bonchev–Trinajstić information content (AvgIpc) is 2.96. The third-order valence-electron chi connectivity index (χ3n) is 7.93. The quantitative estimate of drug-likeness (QED) is 0.180. The second kappa shape index (κ2) is 16.4. The summed E-state index contributed by atoms with van der Waals surface area (Å²) in [5, 5.41) is 0. The third kappa shape index (κ3) is 9.62. The lowest BCUT2D eigenvalue weighted by atomic mass is 9.77. The van der Waals surface area contributed by atoms with Gasteiger partial charge in [-0.3, -0.25) is 0 Å². The first kappa shape index (κ1) is 33.2.